The Labute approximate surface area is 149 Å². The standard InChI is InChI=1S/C21H16F2O3/c1-2-3-11-25-15-7-10-18(20(23)13-15)21(24)26-16-8-9-17-14(12-16)5-4-6-19(17)22/h2-10,12-13H,11H2,1H3. The van der Waals surface area contributed by atoms with E-state index in [9.17, 15) is 13.6 Å². The molecule has 0 aliphatic carbocycles. The van der Waals surface area contributed by atoms with Crippen LogP contribution in [0.5, 0.6) is 11.5 Å². The molecule has 0 saturated heterocycles. The number of esters is 1. The summed E-state index contributed by atoms with van der Waals surface area (Å²) in [5.74, 6) is -1.41. The number of benzene rings is 3. The number of carbonyl (C=O) groups is 1. The number of halogens is 2. The molecule has 0 aliphatic rings. The fraction of sp³-hybridized carbons (Fsp3) is 0.0952. The summed E-state index contributed by atoms with van der Waals surface area (Å²) in [6.07, 6.45) is 3.60. The van der Waals surface area contributed by atoms with Crippen molar-refractivity contribution in [2.24, 2.45) is 0 Å². The Hall–Kier alpha value is -3.21. The maximum atomic E-state index is 14.2. The highest BCUT2D eigenvalue weighted by atomic mass is 19.1. The van der Waals surface area contributed by atoms with Gasteiger partial charge in [-0.15, -0.1) is 0 Å². The van der Waals surface area contributed by atoms with Gasteiger partial charge in [-0.2, -0.15) is 0 Å². The smallest absolute Gasteiger partial charge is 0.346 e. The molecular weight excluding hydrogens is 338 g/mol. The second kappa shape index (κ2) is 7.78. The molecule has 3 rings (SSSR count). The number of allylic oxidation sites excluding steroid dienone is 1. The van der Waals surface area contributed by atoms with Gasteiger partial charge in [0.15, 0.2) is 0 Å². The van der Waals surface area contributed by atoms with Gasteiger partial charge < -0.3 is 9.47 Å². The molecule has 0 spiro atoms. The minimum atomic E-state index is -0.835. The minimum absolute atomic E-state index is 0.206. The minimum Gasteiger partial charge on any atom is -0.489 e. The molecule has 0 aliphatic heterocycles. The quantitative estimate of drug-likeness (QED) is 0.355. The summed E-state index contributed by atoms with van der Waals surface area (Å²) in [5.41, 5.74) is -0.206. The van der Waals surface area contributed by atoms with Crippen molar-refractivity contribution in [3.63, 3.8) is 0 Å². The van der Waals surface area contributed by atoms with E-state index in [0.29, 0.717) is 23.1 Å². The van der Waals surface area contributed by atoms with E-state index in [-0.39, 0.29) is 17.1 Å². The van der Waals surface area contributed by atoms with Crippen LogP contribution < -0.4 is 9.47 Å². The Balaban J connectivity index is 1.77. The molecule has 0 radical (unpaired) electrons. The normalized spacial score (nSPS) is 11.0. The molecule has 0 bridgehead atoms. The third-order valence-corrected chi connectivity index (χ3v) is 3.75. The first-order chi connectivity index (χ1) is 12.6. The molecule has 0 N–H and O–H groups in total. The van der Waals surface area contributed by atoms with Gasteiger partial charge in [0.2, 0.25) is 0 Å². The van der Waals surface area contributed by atoms with Crippen molar-refractivity contribution in [3.05, 3.63) is 83.9 Å². The van der Waals surface area contributed by atoms with Crippen LogP contribution in [-0.4, -0.2) is 12.6 Å². The molecule has 3 aromatic carbocycles. The lowest BCUT2D eigenvalue weighted by atomic mass is 10.1. The Morgan fingerprint density at radius 1 is 1.00 bits per heavy atom. The highest BCUT2D eigenvalue weighted by Crippen LogP contribution is 2.24. The molecule has 0 atom stereocenters. The van der Waals surface area contributed by atoms with Crippen molar-refractivity contribution in [2.45, 2.75) is 6.92 Å². The molecular formula is C21H16F2O3. The van der Waals surface area contributed by atoms with E-state index in [4.69, 9.17) is 9.47 Å². The Kier molecular flexibility index (Phi) is 5.27. The topological polar surface area (TPSA) is 35.5 Å². The summed E-state index contributed by atoms with van der Waals surface area (Å²) in [4.78, 5) is 12.2. The van der Waals surface area contributed by atoms with Gasteiger partial charge in [0.25, 0.3) is 0 Å². The van der Waals surface area contributed by atoms with Crippen molar-refractivity contribution in [2.75, 3.05) is 6.61 Å². The van der Waals surface area contributed by atoms with Crippen LogP contribution >= 0.6 is 0 Å². The number of hydrogen-bond acceptors (Lipinski definition) is 3. The molecule has 0 heterocycles. The first-order valence-electron chi connectivity index (χ1n) is 8.02. The van der Waals surface area contributed by atoms with Crippen LogP contribution in [0.1, 0.15) is 17.3 Å². The first kappa shape index (κ1) is 17.6. The lowest BCUT2D eigenvalue weighted by molar-refractivity contribution is 0.0730. The second-order valence-corrected chi connectivity index (χ2v) is 5.53. The van der Waals surface area contributed by atoms with E-state index >= 15 is 0 Å². The lowest BCUT2D eigenvalue weighted by Crippen LogP contribution is -2.11. The summed E-state index contributed by atoms with van der Waals surface area (Å²) in [7, 11) is 0. The van der Waals surface area contributed by atoms with Crippen molar-refractivity contribution in [1.82, 2.24) is 0 Å². The molecule has 132 valence electrons. The van der Waals surface area contributed by atoms with Gasteiger partial charge in [-0.1, -0.05) is 24.3 Å². The summed E-state index contributed by atoms with van der Waals surface area (Å²) < 4.78 is 38.4. The van der Waals surface area contributed by atoms with Gasteiger partial charge in [0.05, 0.1) is 5.56 Å². The van der Waals surface area contributed by atoms with Gasteiger partial charge >= 0.3 is 5.97 Å². The Morgan fingerprint density at radius 2 is 1.81 bits per heavy atom. The highest BCUT2D eigenvalue weighted by Gasteiger charge is 2.15. The van der Waals surface area contributed by atoms with Crippen molar-refractivity contribution in [3.8, 4) is 11.5 Å². The van der Waals surface area contributed by atoms with Gasteiger partial charge in [-0.25, -0.2) is 13.6 Å². The van der Waals surface area contributed by atoms with Gasteiger partial charge in [-0.05, 0) is 48.7 Å². The largest absolute Gasteiger partial charge is 0.489 e. The molecule has 5 heteroatoms. The second-order valence-electron chi connectivity index (χ2n) is 5.53. The average molecular weight is 354 g/mol. The first-order valence-corrected chi connectivity index (χ1v) is 8.02. The SMILES string of the molecule is CC=CCOc1ccc(C(=O)Oc2ccc3c(F)cccc3c2)c(F)c1. The van der Waals surface area contributed by atoms with Crippen molar-refractivity contribution >= 4 is 16.7 Å². The monoisotopic (exact) mass is 354 g/mol. The zero-order chi connectivity index (χ0) is 18.5. The number of rotatable bonds is 5. The van der Waals surface area contributed by atoms with Crippen LogP contribution in [0.4, 0.5) is 8.78 Å². The van der Waals surface area contributed by atoms with Crippen LogP contribution in [0.15, 0.2) is 66.7 Å². The fourth-order valence-electron chi connectivity index (χ4n) is 2.44. The molecule has 0 aromatic heterocycles. The van der Waals surface area contributed by atoms with E-state index in [1.165, 1.54) is 36.4 Å². The number of carbonyl (C=O) groups excluding carboxylic acids is 1. The predicted molar refractivity (Wildman–Crippen MR) is 95.6 cm³/mol. The lowest BCUT2D eigenvalue weighted by Gasteiger charge is -2.08. The highest BCUT2D eigenvalue weighted by molar-refractivity contribution is 5.92. The third kappa shape index (κ3) is 3.88. The van der Waals surface area contributed by atoms with Crippen LogP contribution in [0.25, 0.3) is 10.8 Å². The van der Waals surface area contributed by atoms with Crippen molar-refractivity contribution in [1.29, 1.82) is 0 Å². The molecule has 0 saturated carbocycles. The Bertz CT molecular complexity index is 980. The number of hydrogen-bond donors (Lipinski definition) is 0. The molecule has 0 amide bonds. The number of fused-ring (bicyclic) bond motifs is 1. The van der Waals surface area contributed by atoms with Crippen molar-refractivity contribution < 1.29 is 23.0 Å². The van der Waals surface area contributed by atoms with Gasteiger partial charge in [0, 0.05) is 11.5 Å². The summed E-state index contributed by atoms with van der Waals surface area (Å²) in [6.45, 7) is 2.16. The third-order valence-electron chi connectivity index (χ3n) is 3.75. The maximum Gasteiger partial charge on any atom is 0.346 e. The zero-order valence-electron chi connectivity index (χ0n) is 14.0. The van der Waals surface area contributed by atoms with Crippen LogP contribution in [0.3, 0.4) is 0 Å². The van der Waals surface area contributed by atoms with Crippen LogP contribution in [0.2, 0.25) is 0 Å². The van der Waals surface area contributed by atoms with Crippen LogP contribution in [-0.2, 0) is 0 Å². The van der Waals surface area contributed by atoms with E-state index in [2.05, 4.69) is 0 Å². The fourth-order valence-corrected chi connectivity index (χ4v) is 2.44. The molecule has 0 unspecified atom stereocenters. The van der Waals surface area contributed by atoms with Crippen LogP contribution in [0, 0.1) is 11.6 Å². The predicted octanol–water partition coefficient (Wildman–Crippen LogP) is 5.29. The number of ether oxygens (including phenoxy) is 2. The van der Waals surface area contributed by atoms with Gasteiger partial charge in [-0.3, -0.25) is 0 Å². The van der Waals surface area contributed by atoms with E-state index in [1.807, 2.05) is 13.0 Å². The molecule has 3 aromatic rings. The van der Waals surface area contributed by atoms with E-state index < -0.39 is 11.8 Å². The summed E-state index contributed by atoms with van der Waals surface area (Å²) in [6, 6.07) is 13.1. The zero-order valence-corrected chi connectivity index (χ0v) is 14.0. The molecule has 0 fully saturated rings. The summed E-state index contributed by atoms with van der Waals surface area (Å²) in [5, 5.41) is 1.00. The summed E-state index contributed by atoms with van der Waals surface area (Å²) >= 11 is 0. The average Bonchev–Trinajstić information content (AvgIpc) is 2.62. The van der Waals surface area contributed by atoms with E-state index in [0.717, 1.165) is 6.07 Å². The van der Waals surface area contributed by atoms with E-state index in [1.54, 1.807) is 18.2 Å². The Morgan fingerprint density at radius 3 is 2.58 bits per heavy atom. The molecule has 26 heavy (non-hydrogen) atoms. The molecule has 3 nitrogen and oxygen atoms in total. The van der Waals surface area contributed by atoms with Gasteiger partial charge in [0.1, 0.15) is 29.7 Å². The maximum absolute atomic E-state index is 14.2.